The Morgan fingerprint density at radius 3 is 2.62 bits per heavy atom. The second-order valence-electron chi connectivity index (χ2n) is 4.65. The Balaban J connectivity index is 1.92. The first-order chi connectivity index (χ1) is 7.63. The standard InChI is InChI=1S/C12H24N2O2/c1-4-16-11-7-10(8-11)13-5-6-14-12(15)9(2)3/h9-11,13H,4-8H2,1-3H3,(H,14,15). The molecule has 1 aliphatic rings. The van der Waals surface area contributed by atoms with E-state index >= 15 is 0 Å². The highest BCUT2D eigenvalue weighted by Gasteiger charge is 2.28. The average Bonchev–Trinajstić information content (AvgIpc) is 2.19. The Hall–Kier alpha value is -0.610. The molecule has 0 saturated heterocycles. The van der Waals surface area contributed by atoms with Crippen LogP contribution in [0.25, 0.3) is 0 Å². The fraction of sp³-hybridized carbons (Fsp3) is 0.917. The van der Waals surface area contributed by atoms with Gasteiger partial charge in [0.15, 0.2) is 0 Å². The summed E-state index contributed by atoms with van der Waals surface area (Å²) in [7, 11) is 0. The Morgan fingerprint density at radius 1 is 1.38 bits per heavy atom. The second-order valence-corrected chi connectivity index (χ2v) is 4.65. The van der Waals surface area contributed by atoms with Crippen LogP contribution in [0.2, 0.25) is 0 Å². The van der Waals surface area contributed by atoms with Crippen molar-refractivity contribution in [2.75, 3.05) is 19.7 Å². The quantitative estimate of drug-likeness (QED) is 0.637. The van der Waals surface area contributed by atoms with Crippen molar-refractivity contribution in [2.45, 2.75) is 45.8 Å². The molecular formula is C12H24N2O2. The van der Waals surface area contributed by atoms with Gasteiger partial charge in [0.05, 0.1) is 6.10 Å². The maximum atomic E-state index is 11.2. The summed E-state index contributed by atoms with van der Waals surface area (Å²) >= 11 is 0. The molecule has 1 saturated carbocycles. The number of hydrogen-bond acceptors (Lipinski definition) is 3. The predicted octanol–water partition coefficient (Wildman–Crippen LogP) is 0.916. The van der Waals surface area contributed by atoms with Gasteiger partial charge >= 0.3 is 0 Å². The van der Waals surface area contributed by atoms with E-state index in [1.54, 1.807) is 0 Å². The maximum Gasteiger partial charge on any atom is 0.222 e. The Kier molecular flexibility index (Phi) is 5.77. The molecule has 0 aromatic carbocycles. The lowest BCUT2D eigenvalue weighted by atomic mass is 9.89. The molecule has 4 nitrogen and oxygen atoms in total. The molecular weight excluding hydrogens is 204 g/mol. The van der Waals surface area contributed by atoms with Crippen molar-refractivity contribution >= 4 is 5.91 Å². The summed E-state index contributed by atoms with van der Waals surface area (Å²) in [5.41, 5.74) is 0. The number of carbonyl (C=O) groups excluding carboxylic acids is 1. The smallest absolute Gasteiger partial charge is 0.222 e. The van der Waals surface area contributed by atoms with Crippen LogP contribution < -0.4 is 10.6 Å². The van der Waals surface area contributed by atoms with Gasteiger partial charge in [0, 0.05) is 31.7 Å². The van der Waals surface area contributed by atoms with Gasteiger partial charge in [-0.25, -0.2) is 0 Å². The largest absolute Gasteiger partial charge is 0.378 e. The lowest BCUT2D eigenvalue weighted by Gasteiger charge is -2.35. The van der Waals surface area contributed by atoms with Crippen molar-refractivity contribution in [3.05, 3.63) is 0 Å². The molecule has 0 bridgehead atoms. The number of ether oxygens (including phenoxy) is 1. The van der Waals surface area contributed by atoms with Crippen LogP contribution in [0.4, 0.5) is 0 Å². The first-order valence-electron chi connectivity index (χ1n) is 6.26. The summed E-state index contributed by atoms with van der Waals surface area (Å²) in [6.45, 7) is 8.21. The highest BCUT2D eigenvalue weighted by molar-refractivity contribution is 5.77. The zero-order valence-corrected chi connectivity index (χ0v) is 10.6. The first kappa shape index (κ1) is 13.5. The molecule has 0 unspecified atom stereocenters. The number of carbonyl (C=O) groups is 1. The molecule has 0 atom stereocenters. The van der Waals surface area contributed by atoms with Crippen LogP contribution in [0.3, 0.4) is 0 Å². The molecule has 0 aromatic rings. The van der Waals surface area contributed by atoms with Crippen LogP contribution in [-0.2, 0) is 9.53 Å². The van der Waals surface area contributed by atoms with E-state index in [2.05, 4.69) is 10.6 Å². The Bertz CT molecular complexity index is 213. The van der Waals surface area contributed by atoms with Crippen LogP contribution in [0.15, 0.2) is 0 Å². The minimum absolute atomic E-state index is 0.0750. The van der Waals surface area contributed by atoms with Gasteiger partial charge in [-0.1, -0.05) is 13.8 Å². The topological polar surface area (TPSA) is 50.4 Å². The molecule has 2 N–H and O–H groups in total. The third-order valence-corrected chi connectivity index (χ3v) is 2.88. The number of nitrogens with one attached hydrogen (secondary N) is 2. The fourth-order valence-electron chi connectivity index (χ4n) is 1.77. The van der Waals surface area contributed by atoms with Crippen molar-refractivity contribution in [3.8, 4) is 0 Å². The molecule has 4 heteroatoms. The molecule has 1 fully saturated rings. The molecule has 0 heterocycles. The summed E-state index contributed by atoms with van der Waals surface area (Å²) in [4.78, 5) is 11.2. The summed E-state index contributed by atoms with van der Waals surface area (Å²) in [6, 6.07) is 0.576. The van der Waals surface area contributed by atoms with Crippen LogP contribution in [-0.4, -0.2) is 37.7 Å². The van der Waals surface area contributed by atoms with Crippen molar-refractivity contribution in [2.24, 2.45) is 5.92 Å². The molecule has 94 valence electrons. The summed E-state index contributed by atoms with van der Waals surface area (Å²) < 4.78 is 5.47. The zero-order chi connectivity index (χ0) is 12.0. The van der Waals surface area contributed by atoms with Gasteiger partial charge in [0.25, 0.3) is 0 Å². The van der Waals surface area contributed by atoms with E-state index in [-0.39, 0.29) is 11.8 Å². The zero-order valence-electron chi connectivity index (χ0n) is 10.6. The van der Waals surface area contributed by atoms with E-state index in [4.69, 9.17) is 4.74 Å². The molecule has 0 aliphatic heterocycles. The molecule has 16 heavy (non-hydrogen) atoms. The predicted molar refractivity (Wildman–Crippen MR) is 64.3 cm³/mol. The highest BCUT2D eigenvalue weighted by Crippen LogP contribution is 2.22. The summed E-state index contributed by atoms with van der Waals surface area (Å²) in [6.07, 6.45) is 2.66. The van der Waals surface area contributed by atoms with Crippen LogP contribution in [0.5, 0.6) is 0 Å². The molecule has 0 aromatic heterocycles. The lowest BCUT2D eigenvalue weighted by Crippen LogP contribution is -2.47. The van der Waals surface area contributed by atoms with Crippen molar-refractivity contribution in [3.63, 3.8) is 0 Å². The summed E-state index contributed by atoms with van der Waals surface area (Å²) in [5, 5.41) is 6.30. The monoisotopic (exact) mass is 228 g/mol. The Morgan fingerprint density at radius 2 is 2.06 bits per heavy atom. The third kappa shape index (κ3) is 4.49. The minimum Gasteiger partial charge on any atom is -0.378 e. The van der Waals surface area contributed by atoms with Gasteiger partial charge in [0.2, 0.25) is 5.91 Å². The van der Waals surface area contributed by atoms with E-state index in [0.717, 1.165) is 26.0 Å². The van der Waals surface area contributed by atoms with E-state index in [9.17, 15) is 4.79 Å². The van der Waals surface area contributed by atoms with Crippen LogP contribution in [0, 0.1) is 5.92 Å². The van der Waals surface area contributed by atoms with E-state index in [1.165, 1.54) is 0 Å². The van der Waals surface area contributed by atoms with Crippen LogP contribution in [0.1, 0.15) is 33.6 Å². The van der Waals surface area contributed by atoms with Gasteiger partial charge in [0.1, 0.15) is 0 Å². The van der Waals surface area contributed by atoms with Crippen molar-refractivity contribution in [1.82, 2.24) is 10.6 Å². The number of hydrogen-bond donors (Lipinski definition) is 2. The summed E-state index contributed by atoms with van der Waals surface area (Å²) in [5.74, 6) is 0.202. The molecule has 1 amide bonds. The number of amides is 1. The van der Waals surface area contributed by atoms with Gasteiger partial charge in [-0.3, -0.25) is 4.79 Å². The lowest BCUT2D eigenvalue weighted by molar-refractivity contribution is -0.123. The number of rotatable bonds is 7. The SMILES string of the molecule is CCOC1CC(NCCNC(=O)C(C)C)C1. The average molecular weight is 228 g/mol. The van der Waals surface area contributed by atoms with E-state index in [1.807, 2.05) is 20.8 Å². The van der Waals surface area contributed by atoms with Gasteiger partial charge in [-0.15, -0.1) is 0 Å². The molecule has 0 spiro atoms. The molecule has 1 aliphatic carbocycles. The first-order valence-corrected chi connectivity index (χ1v) is 6.26. The molecule has 0 radical (unpaired) electrons. The van der Waals surface area contributed by atoms with Gasteiger partial charge < -0.3 is 15.4 Å². The van der Waals surface area contributed by atoms with Gasteiger partial charge in [-0.05, 0) is 19.8 Å². The fourth-order valence-corrected chi connectivity index (χ4v) is 1.77. The molecule has 1 rings (SSSR count). The Labute approximate surface area is 98.1 Å². The third-order valence-electron chi connectivity index (χ3n) is 2.88. The van der Waals surface area contributed by atoms with Gasteiger partial charge in [-0.2, -0.15) is 0 Å². The van der Waals surface area contributed by atoms with Crippen molar-refractivity contribution < 1.29 is 9.53 Å². The van der Waals surface area contributed by atoms with Crippen molar-refractivity contribution in [1.29, 1.82) is 0 Å². The van der Waals surface area contributed by atoms with E-state index < -0.39 is 0 Å². The normalized spacial score (nSPS) is 24.2. The highest BCUT2D eigenvalue weighted by atomic mass is 16.5. The minimum atomic E-state index is 0.0750. The van der Waals surface area contributed by atoms with E-state index in [0.29, 0.717) is 18.7 Å². The van der Waals surface area contributed by atoms with Crippen LogP contribution >= 0.6 is 0 Å². The maximum absolute atomic E-state index is 11.2. The second kappa shape index (κ2) is 6.86.